The summed E-state index contributed by atoms with van der Waals surface area (Å²) in [7, 11) is 0. The number of hydrogen-bond acceptors (Lipinski definition) is 2. The summed E-state index contributed by atoms with van der Waals surface area (Å²) >= 11 is 5.99. The fourth-order valence-electron chi connectivity index (χ4n) is 1.39. The predicted octanol–water partition coefficient (Wildman–Crippen LogP) is 2.96. The molecule has 0 aliphatic heterocycles. The summed E-state index contributed by atoms with van der Waals surface area (Å²) in [4.78, 5) is 11.7. The van der Waals surface area contributed by atoms with Gasteiger partial charge in [0.05, 0.1) is 10.7 Å². The number of anilines is 1. The van der Waals surface area contributed by atoms with Crippen LogP contribution >= 0.6 is 11.6 Å². The molecule has 1 rings (SSSR count). The molecular weight excluding hydrogens is 236 g/mol. The summed E-state index contributed by atoms with van der Waals surface area (Å²) in [5.41, 5.74) is 7.54. The average molecular weight is 255 g/mol. The van der Waals surface area contributed by atoms with Gasteiger partial charge in [0.25, 0.3) is 0 Å². The average Bonchev–Trinajstić information content (AvgIpc) is 2.23. The number of halogens is 1. The molecule has 17 heavy (non-hydrogen) atoms. The number of carbonyl (C=O) groups is 1. The molecule has 0 radical (unpaired) electrons. The first kappa shape index (κ1) is 14.0. The summed E-state index contributed by atoms with van der Waals surface area (Å²) in [6.07, 6.45) is 0.307. The molecule has 0 aliphatic rings. The third kappa shape index (κ3) is 4.36. The fourth-order valence-corrected chi connectivity index (χ4v) is 1.55. The number of carbonyl (C=O) groups excluding carboxylic acids is 1. The first-order valence-electron chi connectivity index (χ1n) is 5.71. The van der Waals surface area contributed by atoms with E-state index in [1.165, 1.54) is 0 Å². The molecule has 0 bridgehead atoms. The summed E-state index contributed by atoms with van der Waals surface area (Å²) in [5.74, 6) is 0.187. The molecule has 4 heteroatoms. The summed E-state index contributed by atoms with van der Waals surface area (Å²) in [6, 6.07) is 5.40. The lowest BCUT2D eigenvalue weighted by Gasteiger charge is -2.15. The van der Waals surface area contributed by atoms with Crippen molar-refractivity contribution in [3.8, 4) is 0 Å². The number of nitrogens with one attached hydrogen (secondary N) is 1. The Labute approximate surface area is 107 Å². The summed E-state index contributed by atoms with van der Waals surface area (Å²) in [6.45, 7) is 5.95. The minimum absolute atomic E-state index is 0.0984. The zero-order chi connectivity index (χ0) is 13.0. The van der Waals surface area contributed by atoms with Crippen molar-refractivity contribution in [1.29, 1.82) is 0 Å². The van der Waals surface area contributed by atoms with Crippen LogP contribution in [0.2, 0.25) is 5.02 Å². The zero-order valence-electron chi connectivity index (χ0n) is 10.5. The third-order valence-electron chi connectivity index (χ3n) is 2.67. The Bertz CT molecular complexity index is 404. The maximum absolute atomic E-state index is 11.7. The number of amides is 1. The van der Waals surface area contributed by atoms with Crippen LogP contribution in [0.4, 0.5) is 5.69 Å². The van der Waals surface area contributed by atoms with Crippen LogP contribution in [0.25, 0.3) is 0 Å². The van der Waals surface area contributed by atoms with Crippen molar-refractivity contribution >= 4 is 23.2 Å². The van der Waals surface area contributed by atoms with Gasteiger partial charge in [0.15, 0.2) is 0 Å². The van der Waals surface area contributed by atoms with Gasteiger partial charge < -0.3 is 11.1 Å². The quantitative estimate of drug-likeness (QED) is 0.868. The Kier molecular flexibility index (Phi) is 4.97. The van der Waals surface area contributed by atoms with Crippen LogP contribution in [0.5, 0.6) is 0 Å². The second-order valence-corrected chi connectivity index (χ2v) is 5.05. The Morgan fingerprint density at radius 3 is 2.71 bits per heavy atom. The van der Waals surface area contributed by atoms with Gasteiger partial charge in [-0.15, -0.1) is 0 Å². The smallest absolute Gasteiger partial charge is 0.225 e. The molecule has 0 aliphatic carbocycles. The second-order valence-electron chi connectivity index (χ2n) is 4.64. The van der Waals surface area contributed by atoms with E-state index in [1.54, 1.807) is 6.07 Å². The van der Waals surface area contributed by atoms with Gasteiger partial charge in [-0.3, -0.25) is 4.79 Å². The molecule has 3 N–H and O–H groups in total. The first-order valence-corrected chi connectivity index (χ1v) is 6.09. The van der Waals surface area contributed by atoms with E-state index in [4.69, 9.17) is 17.3 Å². The van der Waals surface area contributed by atoms with Crippen molar-refractivity contribution in [2.24, 2.45) is 11.7 Å². The van der Waals surface area contributed by atoms with Crippen LogP contribution in [-0.2, 0) is 4.79 Å². The van der Waals surface area contributed by atoms with Crippen molar-refractivity contribution in [2.45, 2.75) is 33.2 Å². The second kappa shape index (κ2) is 6.03. The Hall–Kier alpha value is -1.06. The van der Waals surface area contributed by atoms with Crippen molar-refractivity contribution in [3.05, 3.63) is 28.8 Å². The zero-order valence-corrected chi connectivity index (χ0v) is 11.2. The Morgan fingerprint density at radius 2 is 2.12 bits per heavy atom. The number of rotatable bonds is 4. The minimum atomic E-state index is -0.126. The van der Waals surface area contributed by atoms with Gasteiger partial charge in [0.2, 0.25) is 5.91 Å². The standard InChI is InChI=1S/C13H19ClN2O/c1-8(2)11(15)7-13(17)16-12-6-9(3)4-5-10(12)14/h4-6,8,11H,7,15H2,1-3H3,(H,16,17). The van der Waals surface area contributed by atoms with E-state index in [1.807, 2.05) is 32.9 Å². The molecule has 94 valence electrons. The van der Waals surface area contributed by atoms with E-state index in [0.717, 1.165) is 5.56 Å². The summed E-state index contributed by atoms with van der Waals surface area (Å²) < 4.78 is 0. The highest BCUT2D eigenvalue weighted by Gasteiger charge is 2.13. The van der Waals surface area contributed by atoms with Crippen LogP contribution in [-0.4, -0.2) is 11.9 Å². The van der Waals surface area contributed by atoms with E-state index in [0.29, 0.717) is 17.1 Å². The van der Waals surface area contributed by atoms with Gasteiger partial charge in [0, 0.05) is 12.5 Å². The van der Waals surface area contributed by atoms with E-state index in [-0.39, 0.29) is 17.9 Å². The highest BCUT2D eigenvalue weighted by atomic mass is 35.5. The maximum atomic E-state index is 11.7. The lowest BCUT2D eigenvalue weighted by Crippen LogP contribution is -2.31. The van der Waals surface area contributed by atoms with E-state index >= 15 is 0 Å². The minimum Gasteiger partial charge on any atom is -0.327 e. The van der Waals surface area contributed by atoms with Crippen LogP contribution in [0.3, 0.4) is 0 Å². The van der Waals surface area contributed by atoms with Gasteiger partial charge >= 0.3 is 0 Å². The van der Waals surface area contributed by atoms with E-state index in [2.05, 4.69) is 5.32 Å². The largest absolute Gasteiger partial charge is 0.327 e. The van der Waals surface area contributed by atoms with Gasteiger partial charge in [-0.2, -0.15) is 0 Å². The van der Waals surface area contributed by atoms with E-state index < -0.39 is 0 Å². The number of hydrogen-bond donors (Lipinski definition) is 2. The van der Waals surface area contributed by atoms with Crippen LogP contribution < -0.4 is 11.1 Å². The number of benzene rings is 1. The normalized spacial score (nSPS) is 12.6. The highest BCUT2D eigenvalue weighted by molar-refractivity contribution is 6.33. The van der Waals surface area contributed by atoms with Crippen LogP contribution in [0, 0.1) is 12.8 Å². The molecule has 1 aromatic rings. The van der Waals surface area contributed by atoms with Crippen molar-refractivity contribution in [2.75, 3.05) is 5.32 Å². The molecule has 1 aromatic carbocycles. The molecule has 0 saturated heterocycles. The molecule has 0 heterocycles. The van der Waals surface area contributed by atoms with Crippen molar-refractivity contribution < 1.29 is 4.79 Å². The molecule has 1 unspecified atom stereocenters. The van der Waals surface area contributed by atoms with Gasteiger partial charge in [-0.05, 0) is 30.5 Å². The van der Waals surface area contributed by atoms with E-state index in [9.17, 15) is 4.79 Å². The van der Waals surface area contributed by atoms with Crippen molar-refractivity contribution in [3.63, 3.8) is 0 Å². The monoisotopic (exact) mass is 254 g/mol. The molecule has 0 fully saturated rings. The topological polar surface area (TPSA) is 55.1 Å². The Balaban J connectivity index is 2.65. The molecule has 3 nitrogen and oxygen atoms in total. The first-order chi connectivity index (χ1) is 7.90. The molecule has 1 atom stereocenters. The number of aryl methyl sites for hydroxylation is 1. The lowest BCUT2D eigenvalue weighted by molar-refractivity contribution is -0.116. The third-order valence-corrected chi connectivity index (χ3v) is 3.00. The molecule has 0 saturated carbocycles. The number of nitrogens with two attached hydrogens (primary N) is 1. The molecule has 1 amide bonds. The van der Waals surface area contributed by atoms with Crippen molar-refractivity contribution in [1.82, 2.24) is 0 Å². The SMILES string of the molecule is Cc1ccc(Cl)c(NC(=O)CC(N)C(C)C)c1. The predicted molar refractivity (Wildman–Crippen MR) is 72.2 cm³/mol. The van der Waals surface area contributed by atoms with Gasteiger partial charge in [0.1, 0.15) is 0 Å². The maximum Gasteiger partial charge on any atom is 0.225 e. The van der Waals surface area contributed by atoms with Crippen LogP contribution in [0.15, 0.2) is 18.2 Å². The molecule has 0 spiro atoms. The fraction of sp³-hybridized carbons (Fsp3) is 0.462. The summed E-state index contributed by atoms with van der Waals surface area (Å²) in [5, 5.41) is 3.33. The van der Waals surface area contributed by atoms with Gasteiger partial charge in [-0.1, -0.05) is 31.5 Å². The highest BCUT2D eigenvalue weighted by Crippen LogP contribution is 2.23. The molecular formula is C13H19ClN2O. The lowest BCUT2D eigenvalue weighted by atomic mass is 10.0. The Morgan fingerprint density at radius 1 is 1.47 bits per heavy atom. The van der Waals surface area contributed by atoms with Crippen LogP contribution in [0.1, 0.15) is 25.8 Å². The van der Waals surface area contributed by atoms with Gasteiger partial charge in [-0.25, -0.2) is 0 Å². The molecule has 0 aromatic heterocycles.